The van der Waals surface area contributed by atoms with E-state index in [1.807, 2.05) is 66.4 Å². The molecule has 4 N–H and O–H groups in total. The summed E-state index contributed by atoms with van der Waals surface area (Å²) in [6.07, 6.45) is 2.15. The van der Waals surface area contributed by atoms with Gasteiger partial charge in [0.1, 0.15) is 5.82 Å². The number of aromatic amines is 1. The molecule has 4 heterocycles. The lowest BCUT2D eigenvalue weighted by molar-refractivity contribution is -0.117. The van der Waals surface area contributed by atoms with Crippen LogP contribution in [0.5, 0.6) is 0 Å². The van der Waals surface area contributed by atoms with Gasteiger partial charge in [0.25, 0.3) is 0 Å². The number of hydrogen-bond acceptors (Lipinski definition) is 9. The van der Waals surface area contributed by atoms with Crippen molar-refractivity contribution in [3.05, 3.63) is 66.4 Å². The first-order valence-electron chi connectivity index (χ1n) is 14.6. The summed E-state index contributed by atoms with van der Waals surface area (Å²) in [5.41, 5.74) is 4.14. The first kappa shape index (κ1) is 28.4. The quantitative estimate of drug-likeness (QED) is 0.239. The van der Waals surface area contributed by atoms with Gasteiger partial charge in [0.2, 0.25) is 5.91 Å². The first-order chi connectivity index (χ1) is 20.9. The topological polar surface area (TPSA) is 131 Å². The van der Waals surface area contributed by atoms with Gasteiger partial charge in [-0.25, -0.2) is 9.78 Å². The second kappa shape index (κ2) is 12.7. The van der Waals surface area contributed by atoms with Crippen LogP contribution in [0.4, 0.5) is 33.5 Å². The molecule has 1 atom stereocenters. The Morgan fingerprint density at radius 1 is 0.977 bits per heavy atom. The number of aromatic nitrogens is 3. The number of ether oxygens (including phenoxy) is 1. The van der Waals surface area contributed by atoms with E-state index in [4.69, 9.17) is 9.72 Å². The molecule has 0 unspecified atom stereocenters. The maximum Gasteiger partial charge on any atom is 0.413 e. The number of H-pyrrole nitrogens is 1. The molecule has 43 heavy (non-hydrogen) atoms. The molecule has 4 aromatic rings. The van der Waals surface area contributed by atoms with Gasteiger partial charge in [0.15, 0.2) is 12.0 Å². The van der Waals surface area contributed by atoms with Crippen LogP contribution in [0.2, 0.25) is 0 Å². The molecule has 2 aromatic carbocycles. The van der Waals surface area contributed by atoms with E-state index >= 15 is 0 Å². The number of amides is 2. The number of nitrogens with zero attached hydrogens (tertiary/aromatic N) is 5. The smallest absolute Gasteiger partial charge is 0.413 e. The van der Waals surface area contributed by atoms with E-state index in [0.717, 1.165) is 54.8 Å². The van der Waals surface area contributed by atoms with Crippen LogP contribution in [0, 0.1) is 6.92 Å². The summed E-state index contributed by atoms with van der Waals surface area (Å²) in [4.78, 5) is 37.3. The lowest BCUT2D eigenvalue weighted by atomic mass is 10.2. The number of fused-ring (bicyclic) bond motifs is 1. The number of carbonyl (C=O) groups is 2. The summed E-state index contributed by atoms with van der Waals surface area (Å²) >= 11 is 0. The first-order valence-corrected chi connectivity index (χ1v) is 14.6. The van der Waals surface area contributed by atoms with Crippen molar-refractivity contribution in [2.45, 2.75) is 26.0 Å². The summed E-state index contributed by atoms with van der Waals surface area (Å²) in [6, 6.07) is 17.1. The Balaban J connectivity index is 1.22. The van der Waals surface area contributed by atoms with Crippen LogP contribution in [0.25, 0.3) is 10.9 Å². The van der Waals surface area contributed by atoms with Gasteiger partial charge in [-0.15, -0.1) is 0 Å². The fraction of sp³-hybridized carbons (Fsp3) is 0.355. The van der Waals surface area contributed by atoms with E-state index in [1.54, 1.807) is 6.20 Å². The highest BCUT2D eigenvalue weighted by molar-refractivity contribution is 5.95. The van der Waals surface area contributed by atoms with Crippen LogP contribution in [-0.2, 0) is 9.53 Å². The minimum atomic E-state index is -0.538. The van der Waals surface area contributed by atoms with Gasteiger partial charge in [0.05, 0.1) is 23.9 Å². The van der Waals surface area contributed by atoms with Gasteiger partial charge in [0, 0.05) is 55.9 Å². The van der Waals surface area contributed by atoms with Gasteiger partial charge >= 0.3 is 6.09 Å². The van der Waals surface area contributed by atoms with Crippen LogP contribution < -0.4 is 20.9 Å². The Bertz CT molecular complexity index is 1580. The number of rotatable bonds is 8. The zero-order valence-electron chi connectivity index (χ0n) is 24.5. The van der Waals surface area contributed by atoms with Crippen LogP contribution >= 0.6 is 0 Å². The maximum atomic E-state index is 13.2. The van der Waals surface area contributed by atoms with Crippen LogP contribution in [-0.4, -0.2) is 89.5 Å². The summed E-state index contributed by atoms with van der Waals surface area (Å²) in [6.45, 7) is 6.48. The molecule has 0 saturated carbocycles. The van der Waals surface area contributed by atoms with Crippen molar-refractivity contribution in [1.82, 2.24) is 25.0 Å². The molecule has 0 aliphatic carbocycles. The van der Waals surface area contributed by atoms with Gasteiger partial charge in [-0.05, 0) is 62.9 Å². The zero-order valence-corrected chi connectivity index (χ0v) is 24.5. The third kappa shape index (κ3) is 7.04. The Kier molecular flexibility index (Phi) is 8.38. The molecule has 6 rings (SSSR count). The molecule has 0 bridgehead atoms. The summed E-state index contributed by atoms with van der Waals surface area (Å²) in [7, 11) is 2.09. The third-order valence-electron chi connectivity index (χ3n) is 7.84. The standard InChI is InChI=1S/C31H37N9O3/c1-21-5-7-23(8-6-21)34-31(42)43-29-4-3-13-40(29)30-26(35-28(41)20-39-16-14-38(2)15-17-39)11-12-27(36-30)33-24-9-10-25-22(18-24)19-32-37-25/h5-12,18-19,29H,3-4,13-17,20H2,1-2H3,(H,32,37)(H,33,36)(H,34,42)(H,35,41)/t29-/m0/s1. The highest BCUT2D eigenvalue weighted by atomic mass is 16.6. The van der Waals surface area contributed by atoms with E-state index < -0.39 is 12.3 Å². The Morgan fingerprint density at radius 2 is 1.77 bits per heavy atom. The second-order valence-corrected chi connectivity index (χ2v) is 11.2. The molecule has 12 nitrogen and oxygen atoms in total. The number of anilines is 5. The predicted octanol–water partition coefficient (Wildman–Crippen LogP) is 4.37. The number of hydrogen-bond donors (Lipinski definition) is 4. The number of carbonyl (C=O) groups excluding carboxylic acids is 2. The van der Waals surface area contributed by atoms with Crippen molar-refractivity contribution in [1.29, 1.82) is 0 Å². The van der Waals surface area contributed by atoms with E-state index in [-0.39, 0.29) is 5.91 Å². The van der Waals surface area contributed by atoms with E-state index in [0.29, 0.717) is 42.5 Å². The number of nitrogens with one attached hydrogen (secondary N) is 4. The van der Waals surface area contributed by atoms with Crippen molar-refractivity contribution >= 4 is 51.6 Å². The highest BCUT2D eigenvalue weighted by Gasteiger charge is 2.31. The van der Waals surface area contributed by atoms with Crippen molar-refractivity contribution in [3.63, 3.8) is 0 Å². The van der Waals surface area contributed by atoms with E-state index in [1.165, 1.54) is 0 Å². The minimum absolute atomic E-state index is 0.104. The monoisotopic (exact) mass is 583 g/mol. The number of aryl methyl sites for hydroxylation is 1. The Morgan fingerprint density at radius 3 is 2.58 bits per heavy atom. The lowest BCUT2D eigenvalue weighted by Crippen LogP contribution is -2.47. The van der Waals surface area contributed by atoms with E-state index in [9.17, 15) is 9.59 Å². The van der Waals surface area contributed by atoms with E-state index in [2.05, 4.69) is 43.0 Å². The summed E-state index contributed by atoms with van der Waals surface area (Å²) in [5.74, 6) is 1.05. The normalized spacial score (nSPS) is 17.6. The molecule has 0 radical (unpaired) electrons. The Labute approximate surface area is 250 Å². The van der Waals surface area contributed by atoms with Crippen LogP contribution in [0.3, 0.4) is 0 Å². The molecular weight excluding hydrogens is 546 g/mol. The Hall–Kier alpha value is -4.68. The molecule has 0 spiro atoms. The molecule has 2 saturated heterocycles. The minimum Gasteiger partial charge on any atom is -0.425 e. The van der Waals surface area contributed by atoms with Crippen molar-refractivity contribution in [2.24, 2.45) is 0 Å². The van der Waals surface area contributed by atoms with Crippen molar-refractivity contribution < 1.29 is 14.3 Å². The number of pyridine rings is 1. The fourth-order valence-electron chi connectivity index (χ4n) is 5.41. The summed E-state index contributed by atoms with van der Waals surface area (Å²) < 4.78 is 5.88. The SMILES string of the molecule is Cc1ccc(NC(=O)O[C@H]2CCCN2c2nc(Nc3ccc4[nH]ncc4c3)ccc2NC(=O)CN2CCN(C)CC2)cc1. The molecule has 12 heteroatoms. The van der Waals surface area contributed by atoms with Gasteiger partial charge < -0.3 is 25.2 Å². The van der Waals surface area contributed by atoms with Crippen LogP contribution in [0.15, 0.2) is 60.8 Å². The molecule has 224 valence electrons. The maximum absolute atomic E-state index is 13.2. The zero-order chi connectivity index (χ0) is 29.8. The van der Waals surface area contributed by atoms with Gasteiger partial charge in [-0.2, -0.15) is 5.10 Å². The number of likely N-dealkylation sites (N-methyl/N-ethyl adjacent to an activating group) is 1. The fourth-order valence-corrected chi connectivity index (χ4v) is 5.41. The summed E-state index contributed by atoms with van der Waals surface area (Å²) in [5, 5.41) is 17.3. The van der Waals surface area contributed by atoms with Gasteiger partial charge in [-0.1, -0.05) is 17.7 Å². The number of benzene rings is 2. The molecular formula is C31H37N9O3. The van der Waals surface area contributed by atoms with Crippen LogP contribution in [0.1, 0.15) is 18.4 Å². The second-order valence-electron chi connectivity index (χ2n) is 11.2. The van der Waals surface area contributed by atoms with Crippen molar-refractivity contribution in [3.8, 4) is 0 Å². The number of piperazine rings is 1. The average Bonchev–Trinajstić information content (AvgIpc) is 3.65. The molecule has 2 aliphatic rings. The molecule has 2 fully saturated rings. The van der Waals surface area contributed by atoms with Crippen molar-refractivity contribution in [2.75, 3.05) is 67.2 Å². The largest absolute Gasteiger partial charge is 0.425 e. The highest BCUT2D eigenvalue weighted by Crippen LogP contribution is 2.33. The third-order valence-corrected chi connectivity index (χ3v) is 7.84. The molecule has 2 amide bonds. The predicted molar refractivity (Wildman–Crippen MR) is 168 cm³/mol. The molecule has 2 aliphatic heterocycles. The molecule has 2 aromatic heterocycles. The van der Waals surface area contributed by atoms with Gasteiger partial charge in [-0.3, -0.25) is 20.1 Å². The average molecular weight is 584 g/mol. The lowest BCUT2D eigenvalue weighted by Gasteiger charge is -2.32.